The molecule has 0 radical (unpaired) electrons. The molecule has 1 fully saturated rings. The van der Waals surface area contributed by atoms with E-state index in [1.807, 2.05) is 0 Å². The zero-order valence-corrected chi connectivity index (χ0v) is 14.5. The fourth-order valence-corrected chi connectivity index (χ4v) is 2.88. The van der Waals surface area contributed by atoms with Gasteiger partial charge in [0.1, 0.15) is 0 Å². The number of nitrogens with zero attached hydrogens (tertiary/aromatic N) is 2. The predicted molar refractivity (Wildman–Crippen MR) is 97.6 cm³/mol. The van der Waals surface area contributed by atoms with Crippen LogP contribution in [0.2, 0.25) is 0 Å². The highest BCUT2D eigenvalue weighted by molar-refractivity contribution is 7.80. The molecule has 0 spiro atoms. The number of thiocarbonyl (C=S) groups is 1. The highest BCUT2D eigenvalue weighted by Crippen LogP contribution is 2.27. The molecular formula is C16H22N4O3S. The minimum absolute atomic E-state index is 0.0799. The van der Waals surface area contributed by atoms with E-state index in [9.17, 15) is 10.1 Å². The van der Waals surface area contributed by atoms with Gasteiger partial charge >= 0.3 is 5.69 Å². The predicted octanol–water partition coefficient (Wildman–Crippen LogP) is 3.12. The van der Waals surface area contributed by atoms with Crippen LogP contribution in [0, 0.1) is 10.1 Å². The van der Waals surface area contributed by atoms with Gasteiger partial charge in [0.25, 0.3) is 0 Å². The second-order valence-corrected chi connectivity index (χ2v) is 6.00. The van der Waals surface area contributed by atoms with Gasteiger partial charge in [-0.1, -0.05) is 19.3 Å². The lowest BCUT2D eigenvalue weighted by molar-refractivity contribution is -0.385. The van der Waals surface area contributed by atoms with Crippen LogP contribution in [0.4, 0.5) is 5.69 Å². The number of nitro benzene ring substituents is 1. The molecule has 24 heavy (non-hydrogen) atoms. The molecule has 1 saturated carbocycles. The fraction of sp³-hybridized carbons (Fsp3) is 0.500. The maximum atomic E-state index is 11.1. The molecule has 2 N–H and O–H groups in total. The van der Waals surface area contributed by atoms with Gasteiger partial charge in [-0.3, -0.25) is 15.5 Å². The molecule has 1 aliphatic rings. The van der Waals surface area contributed by atoms with E-state index in [0.717, 1.165) is 12.8 Å². The summed E-state index contributed by atoms with van der Waals surface area (Å²) >= 11 is 5.21. The van der Waals surface area contributed by atoms with E-state index in [-0.39, 0.29) is 11.4 Å². The van der Waals surface area contributed by atoms with Gasteiger partial charge in [-0.15, -0.1) is 0 Å². The molecule has 0 aromatic heterocycles. The van der Waals surface area contributed by atoms with Gasteiger partial charge in [0.2, 0.25) is 0 Å². The number of hydrogen-bond donors (Lipinski definition) is 2. The second-order valence-electron chi connectivity index (χ2n) is 5.60. The summed E-state index contributed by atoms with van der Waals surface area (Å²) in [4.78, 5) is 10.6. The number of rotatable bonds is 6. The van der Waals surface area contributed by atoms with Crippen molar-refractivity contribution in [2.75, 3.05) is 6.61 Å². The number of nitrogens with one attached hydrogen (secondary N) is 2. The van der Waals surface area contributed by atoms with Crippen molar-refractivity contribution in [3.05, 3.63) is 33.9 Å². The molecule has 0 heterocycles. The quantitative estimate of drug-likeness (QED) is 0.355. The molecular weight excluding hydrogens is 328 g/mol. The molecule has 0 amide bonds. The van der Waals surface area contributed by atoms with Gasteiger partial charge < -0.3 is 10.1 Å². The third kappa shape index (κ3) is 5.45. The summed E-state index contributed by atoms with van der Waals surface area (Å²) in [5.74, 6) is 0.252. The van der Waals surface area contributed by atoms with Crippen molar-refractivity contribution in [3.8, 4) is 5.75 Å². The van der Waals surface area contributed by atoms with Crippen LogP contribution in [0.25, 0.3) is 0 Å². The SMILES string of the molecule is CCOc1ccc(/C=N\NC(=S)NC2CCCCC2)cc1[N+](=O)[O-]. The number of nitro groups is 1. The zero-order chi connectivity index (χ0) is 17.4. The van der Waals surface area contributed by atoms with E-state index in [2.05, 4.69) is 15.8 Å². The molecule has 0 atom stereocenters. The summed E-state index contributed by atoms with van der Waals surface area (Å²) in [6.45, 7) is 2.15. The molecule has 0 saturated heterocycles. The first kappa shape index (κ1) is 18.1. The molecule has 7 nitrogen and oxygen atoms in total. The Morgan fingerprint density at radius 2 is 2.21 bits per heavy atom. The third-order valence-corrected chi connectivity index (χ3v) is 4.01. The van der Waals surface area contributed by atoms with Crippen LogP contribution in [0.1, 0.15) is 44.6 Å². The first-order valence-corrected chi connectivity index (χ1v) is 8.51. The smallest absolute Gasteiger partial charge is 0.311 e. The number of benzene rings is 1. The van der Waals surface area contributed by atoms with Crippen LogP contribution in [0.15, 0.2) is 23.3 Å². The van der Waals surface area contributed by atoms with Crippen molar-refractivity contribution in [2.45, 2.75) is 45.1 Å². The van der Waals surface area contributed by atoms with Crippen LogP contribution in [0.3, 0.4) is 0 Å². The third-order valence-electron chi connectivity index (χ3n) is 3.80. The lowest BCUT2D eigenvalue weighted by Gasteiger charge is -2.23. The summed E-state index contributed by atoms with van der Waals surface area (Å²) in [5.41, 5.74) is 3.27. The summed E-state index contributed by atoms with van der Waals surface area (Å²) < 4.78 is 5.25. The van der Waals surface area contributed by atoms with Gasteiger partial charge in [-0.2, -0.15) is 5.10 Å². The van der Waals surface area contributed by atoms with Crippen LogP contribution < -0.4 is 15.5 Å². The van der Waals surface area contributed by atoms with Gasteiger partial charge in [0.15, 0.2) is 10.9 Å². The molecule has 0 aliphatic heterocycles. The molecule has 0 bridgehead atoms. The van der Waals surface area contributed by atoms with Gasteiger partial charge in [-0.25, -0.2) is 0 Å². The van der Waals surface area contributed by atoms with Crippen molar-refractivity contribution >= 4 is 29.2 Å². The zero-order valence-electron chi connectivity index (χ0n) is 13.7. The Kier molecular flexibility index (Phi) is 6.92. The molecule has 1 aromatic carbocycles. The Labute approximate surface area is 146 Å². The highest BCUT2D eigenvalue weighted by atomic mass is 32.1. The molecule has 1 aliphatic carbocycles. The standard InChI is InChI=1S/C16H22N4O3S/c1-2-23-15-9-8-12(10-14(15)20(21)22)11-17-19-16(24)18-13-6-4-3-5-7-13/h8-11,13H,2-7H2,1H3,(H2,18,19,24)/b17-11-. The Hall–Kier alpha value is -2.22. The summed E-state index contributed by atoms with van der Waals surface area (Å²) in [6, 6.07) is 5.11. The average Bonchev–Trinajstić information content (AvgIpc) is 2.57. The Balaban J connectivity index is 1.92. The molecule has 0 unspecified atom stereocenters. The summed E-state index contributed by atoms with van der Waals surface area (Å²) in [6.07, 6.45) is 7.47. The van der Waals surface area contributed by atoms with Gasteiger partial charge in [0.05, 0.1) is 17.7 Å². The normalized spacial score (nSPS) is 15.2. The van der Waals surface area contributed by atoms with E-state index in [1.165, 1.54) is 31.5 Å². The van der Waals surface area contributed by atoms with Gasteiger partial charge in [0, 0.05) is 17.7 Å². The van der Waals surface area contributed by atoms with Crippen molar-refractivity contribution in [2.24, 2.45) is 5.10 Å². The maximum Gasteiger partial charge on any atom is 0.311 e. The van der Waals surface area contributed by atoms with E-state index in [0.29, 0.717) is 23.3 Å². The first-order chi connectivity index (χ1) is 11.6. The summed E-state index contributed by atoms with van der Waals surface area (Å²) in [5, 5.41) is 18.8. The highest BCUT2D eigenvalue weighted by Gasteiger charge is 2.15. The first-order valence-electron chi connectivity index (χ1n) is 8.11. The number of hydrogen-bond acceptors (Lipinski definition) is 5. The lowest BCUT2D eigenvalue weighted by atomic mass is 9.96. The van der Waals surface area contributed by atoms with Crippen LogP contribution in [-0.4, -0.2) is 28.9 Å². The Bertz CT molecular complexity index is 615. The summed E-state index contributed by atoms with van der Waals surface area (Å²) in [7, 11) is 0. The van der Waals surface area contributed by atoms with Crippen molar-refractivity contribution in [3.63, 3.8) is 0 Å². The van der Waals surface area contributed by atoms with Gasteiger partial charge in [-0.05, 0) is 44.1 Å². The monoisotopic (exact) mass is 350 g/mol. The van der Waals surface area contributed by atoms with Crippen molar-refractivity contribution in [1.82, 2.24) is 10.7 Å². The van der Waals surface area contributed by atoms with Crippen molar-refractivity contribution < 1.29 is 9.66 Å². The van der Waals surface area contributed by atoms with Crippen LogP contribution in [0.5, 0.6) is 5.75 Å². The number of ether oxygens (including phenoxy) is 1. The van der Waals surface area contributed by atoms with Crippen LogP contribution >= 0.6 is 12.2 Å². The largest absolute Gasteiger partial charge is 0.487 e. The minimum atomic E-state index is -0.467. The topological polar surface area (TPSA) is 88.8 Å². The second kappa shape index (κ2) is 9.17. The maximum absolute atomic E-state index is 11.1. The van der Waals surface area contributed by atoms with E-state index < -0.39 is 4.92 Å². The lowest BCUT2D eigenvalue weighted by Crippen LogP contribution is -2.40. The van der Waals surface area contributed by atoms with Crippen molar-refractivity contribution in [1.29, 1.82) is 0 Å². The minimum Gasteiger partial charge on any atom is -0.487 e. The average molecular weight is 350 g/mol. The van der Waals surface area contributed by atoms with E-state index in [1.54, 1.807) is 19.1 Å². The fourth-order valence-electron chi connectivity index (χ4n) is 2.66. The Morgan fingerprint density at radius 3 is 2.88 bits per heavy atom. The molecule has 2 rings (SSSR count). The van der Waals surface area contributed by atoms with E-state index >= 15 is 0 Å². The number of hydrazone groups is 1. The molecule has 130 valence electrons. The Morgan fingerprint density at radius 1 is 1.46 bits per heavy atom. The van der Waals surface area contributed by atoms with E-state index in [4.69, 9.17) is 17.0 Å². The van der Waals surface area contributed by atoms with Crippen LogP contribution in [-0.2, 0) is 0 Å². The molecule has 8 heteroatoms. The molecule has 1 aromatic rings.